The Morgan fingerprint density at radius 3 is 0.400 bits per heavy atom. The molecule has 0 saturated heterocycles. The van der Waals surface area contributed by atoms with Gasteiger partial charge in [0.25, 0.3) is 0 Å². The van der Waals surface area contributed by atoms with Gasteiger partial charge in [-0.05, 0) is 0 Å². The molecule has 0 aromatic rings. The van der Waals surface area contributed by atoms with Crippen LogP contribution in [0.5, 0.6) is 0 Å². The summed E-state index contributed by atoms with van der Waals surface area (Å²) in [5, 5.41) is 0. The summed E-state index contributed by atoms with van der Waals surface area (Å²) in [4.78, 5) is 0. The quantitative estimate of drug-likeness (QED) is 0.426. The first-order chi connectivity index (χ1) is 0. The minimum absolute atomic E-state index is 0. The van der Waals surface area contributed by atoms with Crippen LogP contribution in [0, 0.1) is 37.3 Å². The molecule has 0 heterocycles. The van der Waals surface area contributed by atoms with E-state index in [4.69, 9.17) is 0 Å². The minimum atomic E-state index is 0. The molecule has 0 aliphatic rings. The first-order valence-electron chi connectivity index (χ1n) is 0. The zero-order chi connectivity index (χ0) is 0. The molecule has 0 rings (SSSR count). The van der Waals surface area contributed by atoms with Crippen molar-refractivity contribution in [2.45, 2.75) is 0 Å². The Morgan fingerprint density at radius 2 is 0.400 bits per heavy atom. The van der Waals surface area contributed by atoms with E-state index in [1.807, 2.05) is 0 Å². The second-order valence-corrected chi connectivity index (χ2v) is 0. The van der Waals surface area contributed by atoms with Crippen molar-refractivity contribution < 1.29 is 37.3 Å². The summed E-state index contributed by atoms with van der Waals surface area (Å²) in [7, 11) is 0. The van der Waals surface area contributed by atoms with Crippen LogP contribution in [0.25, 0.3) is 0 Å². The van der Waals surface area contributed by atoms with Crippen molar-refractivity contribution in [2.75, 3.05) is 0 Å². The molecule has 5 heteroatoms. The molecule has 0 atom stereocenters. The van der Waals surface area contributed by atoms with Crippen LogP contribution in [0.4, 0.5) is 0 Å². The number of hydrogen-bond donors (Lipinski definition) is 0. The first kappa shape index (κ1) is 86.9. The van der Waals surface area contributed by atoms with Crippen LogP contribution < -0.4 is 0 Å². The summed E-state index contributed by atoms with van der Waals surface area (Å²) < 4.78 is 0. The molecule has 0 bridgehead atoms. The van der Waals surface area contributed by atoms with Gasteiger partial charge in [0.2, 0.25) is 0 Å². The van der Waals surface area contributed by atoms with Gasteiger partial charge in [-0.25, -0.2) is 0 Å². The fraction of sp³-hybridized carbons (Fsp3) is 0. The second-order valence-electron chi connectivity index (χ2n) is 0. The maximum atomic E-state index is 0. The van der Waals surface area contributed by atoms with Gasteiger partial charge < -0.3 is 0 Å². The molecule has 0 saturated carbocycles. The van der Waals surface area contributed by atoms with E-state index in [9.17, 15) is 0 Å². The molecule has 0 nitrogen and oxygen atoms in total. The van der Waals surface area contributed by atoms with E-state index in [1.165, 1.54) is 0 Å². The predicted molar refractivity (Wildman–Crippen MR) is 23.0 cm³/mol. The zero-order valence-corrected chi connectivity index (χ0v) is 4.45. The van der Waals surface area contributed by atoms with Crippen molar-refractivity contribution in [3.05, 3.63) is 0 Å². The van der Waals surface area contributed by atoms with Gasteiger partial charge in [0.05, 0.1) is 0 Å². The molecule has 0 fully saturated rings. The van der Waals surface area contributed by atoms with Gasteiger partial charge in [0.15, 0.2) is 0 Å². The maximum absolute atomic E-state index is 0. The third kappa shape index (κ3) is 29.8. The molecule has 0 amide bonds. The normalized spacial score (nSPS) is 0. The molecule has 5 heavy (non-hydrogen) atoms. The molecular formula is B4Er. The van der Waals surface area contributed by atoms with Crippen molar-refractivity contribution in [1.82, 2.24) is 0 Å². The summed E-state index contributed by atoms with van der Waals surface area (Å²) >= 11 is 0. The monoisotopic (exact) mass is 210 g/mol. The van der Waals surface area contributed by atoms with Gasteiger partial charge in [-0.15, -0.1) is 0 Å². The van der Waals surface area contributed by atoms with Crippen LogP contribution in [-0.2, 0) is 0 Å². The Morgan fingerprint density at radius 1 is 0.400 bits per heavy atom. The van der Waals surface area contributed by atoms with Crippen molar-refractivity contribution in [3.63, 3.8) is 0 Å². The summed E-state index contributed by atoms with van der Waals surface area (Å²) in [6.45, 7) is 0. The van der Waals surface area contributed by atoms with Gasteiger partial charge in [0, 0.05) is 71.0 Å². The SMILES string of the molecule is [B].[B].[B].[B].[Er]. The van der Waals surface area contributed by atoms with Crippen LogP contribution in [0.1, 0.15) is 0 Å². The summed E-state index contributed by atoms with van der Waals surface area (Å²) in [5.41, 5.74) is 0. The van der Waals surface area contributed by atoms with Crippen LogP contribution in [-0.4, -0.2) is 33.7 Å². The third-order valence-corrected chi connectivity index (χ3v) is 0. The first-order valence-corrected chi connectivity index (χ1v) is 0. The van der Waals surface area contributed by atoms with Crippen molar-refractivity contribution in [3.8, 4) is 0 Å². The molecule has 0 N–H and O–H groups in total. The minimum Gasteiger partial charge on any atom is 0 e. The summed E-state index contributed by atoms with van der Waals surface area (Å²) in [6, 6.07) is 0. The number of rotatable bonds is 0. The molecule has 0 aromatic carbocycles. The van der Waals surface area contributed by atoms with E-state index in [0.717, 1.165) is 0 Å². The summed E-state index contributed by atoms with van der Waals surface area (Å²) in [6.07, 6.45) is 0. The van der Waals surface area contributed by atoms with Crippen LogP contribution >= 0.6 is 0 Å². The second kappa shape index (κ2) is 49.3. The van der Waals surface area contributed by atoms with Gasteiger partial charge in [0.1, 0.15) is 0 Å². The fourth-order valence-corrected chi connectivity index (χ4v) is 0. The van der Waals surface area contributed by atoms with Crippen LogP contribution in [0.2, 0.25) is 0 Å². The van der Waals surface area contributed by atoms with Crippen molar-refractivity contribution in [2.24, 2.45) is 0 Å². The Hall–Kier alpha value is 1.51. The van der Waals surface area contributed by atoms with Gasteiger partial charge in [-0.3, -0.25) is 0 Å². The molecule has 0 aliphatic heterocycles. The Kier molecular flexibility index (Phi) is 857. The molecular weight excluding hydrogens is 211 g/mol. The van der Waals surface area contributed by atoms with Crippen LogP contribution in [0.3, 0.4) is 0 Å². The van der Waals surface area contributed by atoms with E-state index in [1.54, 1.807) is 0 Å². The van der Waals surface area contributed by atoms with E-state index < -0.39 is 0 Å². The number of hydrogen-bond acceptors (Lipinski definition) is 0. The molecule has 24 valence electrons. The van der Waals surface area contributed by atoms with Crippen molar-refractivity contribution >= 4 is 33.7 Å². The fourth-order valence-electron chi connectivity index (χ4n) is 0. The maximum Gasteiger partial charge on any atom is 0 e. The van der Waals surface area contributed by atoms with E-state index >= 15 is 0 Å². The third-order valence-electron chi connectivity index (χ3n) is 0. The van der Waals surface area contributed by atoms with Gasteiger partial charge in [-0.1, -0.05) is 0 Å². The van der Waals surface area contributed by atoms with Gasteiger partial charge >= 0.3 is 0 Å². The molecule has 0 spiro atoms. The smallest absolute Gasteiger partial charge is 0 e. The van der Waals surface area contributed by atoms with Gasteiger partial charge in [-0.2, -0.15) is 0 Å². The zero-order valence-electron chi connectivity index (χ0n) is 2.60. The van der Waals surface area contributed by atoms with E-state index in [2.05, 4.69) is 0 Å². The average molecular weight is 211 g/mol. The topological polar surface area (TPSA) is 0 Å². The van der Waals surface area contributed by atoms with Crippen molar-refractivity contribution in [1.29, 1.82) is 0 Å². The molecule has 12 radical (unpaired) electrons. The molecule has 0 aromatic heterocycles. The predicted octanol–water partition coefficient (Wildman–Crippen LogP) is -1.52. The molecule has 0 aliphatic carbocycles. The largest absolute Gasteiger partial charge is 0 e. The molecule has 0 unspecified atom stereocenters. The Balaban J connectivity index is 0. The standard InChI is InChI=1S/4B.Er. The Bertz CT molecular complexity index is 3.61. The summed E-state index contributed by atoms with van der Waals surface area (Å²) in [5.74, 6) is 0. The van der Waals surface area contributed by atoms with E-state index in [-0.39, 0.29) is 71.0 Å². The average Bonchev–Trinajstić information content (AvgIpc) is 0. The Labute approximate surface area is 70.4 Å². The van der Waals surface area contributed by atoms with E-state index in [0.29, 0.717) is 0 Å². The van der Waals surface area contributed by atoms with Crippen LogP contribution in [0.15, 0.2) is 0 Å².